The van der Waals surface area contributed by atoms with Crippen LogP contribution >= 0.6 is 0 Å². The Balaban J connectivity index is 2.40. The summed E-state index contributed by atoms with van der Waals surface area (Å²) in [6.45, 7) is 1.87. The standard InChI is InChI=1S/C10H12N4O2/c1-6-5-14-3-2-12-8(9(14)13-6)4-7(11)10(15)16/h2-3,5,7H,4,11H2,1H3,(H,15,16). The van der Waals surface area contributed by atoms with Crippen molar-refractivity contribution < 1.29 is 9.90 Å². The van der Waals surface area contributed by atoms with Gasteiger partial charge in [0.1, 0.15) is 6.04 Å². The second-order valence-corrected chi connectivity index (χ2v) is 3.64. The van der Waals surface area contributed by atoms with Crippen LogP contribution in [0.15, 0.2) is 18.6 Å². The molecule has 0 aliphatic rings. The van der Waals surface area contributed by atoms with E-state index in [1.54, 1.807) is 12.4 Å². The van der Waals surface area contributed by atoms with Gasteiger partial charge in [0.05, 0.1) is 11.4 Å². The van der Waals surface area contributed by atoms with E-state index in [1.807, 2.05) is 17.5 Å². The minimum Gasteiger partial charge on any atom is -0.480 e. The number of hydrogen-bond donors (Lipinski definition) is 2. The summed E-state index contributed by atoms with van der Waals surface area (Å²) in [4.78, 5) is 19.1. The zero-order chi connectivity index (χ0) is 11.7. The number of imidazole rings is 1. The predicted octanol–water partition coefficient (Wildman–Crippen LogP) is -0.00788. The summed E-state index contributed by atoms with van der Waals surface area (Å²) in [5, 5.41) is 8.74. The topological polar surface area (TPSA) is 93.5 Å². The zero-order valence-corrected chi connectivity index (χ0v) is 8.79. The van der Waals surface area contributed by atoms with Crippen molar-refractivity contribution in [2.45, 2.75) is 19.4 Å². The lowest BCUT2D eigenvalue weighted by molar-refractivity contribution is -0.138. The Labute approximate surface area is 91.7 Å². The lowest BCUT2D eigenvalue weighted by Gasteiger charge is -2.06. The van der Waals surface area contributed by atoms with Gasteiger partial charge in [0, 0.05) is 25.0 Å². The highest BCUT2D eigenvalue weighted by atomic mass is 16.4. The average Bonchev–Trinajstić information content (AvgIpc) is 2.59. The summed E-state index contributed by atoms with van der Waals surface area (Å²) in [5.41, 5.74) is 7.60. The quantitative estimate of drug-likeness (QED) is 0.758. The summed E-state index contributed by atoms with van der Waals surface area (Å²) < 4.78 is 1.81. The number of carboxylic acid groups (broad SMARTS) is 1. The fourth-order valence-corrected chi connectivity index (χ4v) is 1.54. The Morgan fingerprint density at radius 1 is 1.69 bits per heavy atom. The van der Waals surface area contributed by atoms with Crippen LogP contribution in [0.5, 0.6) is 0 Å². The van der Waals surface area contributed by atoms with Crippen LogP contribution in [0.25, 0.3) is 5.65 Å². The van der Waals surface area contributed by atoms with Gasteiger partial charge in [-0.2, -0.15) is 0 Å². The van der Waals surface area contributed by atoms with Crippen molar-refractivity contribution in [2.24, 2.45) is 5.73 Å². The molecule has 6 heteroatoms. The van der Waals surface area contributed by atoms with E-state index >= 15 is 0 Å². The molecule has 0 saturated heterocycles. The lowest BCUT2D eigenvalue weighted by atomic mass is 10.2. The van der Waals surface area contributed by atoms with E-state index in [2.05, 4.69) is 9.97 Å². The van der Waals surface area contributed by atoms with Crippen molar-refractivity contribution in [2.75, 3.05) is 0 Å². The fraction of sp³-hybridized carbons (Fsp3) is 0.300. The number of fused-ring (bicyclic) bond motifs is 1. The van der Waals surface area contributed by atoms with E-state index in [-0.39, 0.29) is 6.42 Å². The largest absolute Gasteiger partial charge is 0.480 e. The number of aliphatic carboxylic acids is 1. The smallest absolute Gasteiger partial charge is 0.320 e. The SMILES string of the molecule is Cc1cn2ccnc(CC(N)C(=O)O)c2n1. The van der Waals surface area contributed by atoms with Gasteiger partial charge in [0.25, 0.3) is 0 Å². The number of aryl methyl sites for hydroxylation is 1. The van der Waals surface area contributed by atoms with E-state index in [9.17, 15) is 4.79 Å². The van der Waals surface area contributed by atoms with Crippen molar-refractivity contribution in [3.63, 3.8) is 0 Å². The molecule has 2 heterocycles. The highest BCUT2D eigenvalue weighted by Gasteiger charge is 2.15. The van der Waals surface area contributed by atoms with E-state index in [1.165, 1.54) is 0 Å². The van der Waals surface area contributed by atoms with Gasteiger partial charge in [-0.15, -0.1) is 0 Å². The van der Waals surface area contributed by atoms with Crippen LogP contribution in [0.3, 0.4) is 0 Å². The molecule has 0 fully saturated rings. The van der Waals surface area contributed by atoms with Gasteiger partial charge in [-0.05, 0) is 6.92 Å². The molecule has 2 rings (SSSR count). The van der Waals surface area contributed by atoms with Gasteiger partial charge in [0.2, 0.25) is 0 Å². The van der Waals surface area contributed by atoms with Gasteiger partial charge in [-0.3, -0.25) is 9.78 Å². The fourth-order valence-electron chi connectivity index (χ4n) is 1.54. The second-order valence-electron chi connectivity index (χ2n) is 3.64. The van der Waals surface area contributed by atoms with E-state index in [0.29, 0.717) is 11.3 Å². The number of carbonyl (C=O) groups is 1. The third kappa shape index (κ3) is 1.87. The molecule has 2 aromatic heterocycles. The number of carboxylic acids is 1. The molecule has 2 aromatic rings. The normalized spacial score (nSPS) is 12.9. The second kappa shape index (κ2) is 3.90. The Morgan fingerprint density at radius 2 is 2.44 bits per heavy atom. The molecule has 16 heavy (non-hydrogen) atoms. The van der Waals surface area contributed by atoms with Crippen molar-refractivity contribution >= 4 is 11.6 Å². The molecule has 0 spiro atoms. The number of rotatable bonds is 3. The maximum absolute atomic E-state index is 10.7. The molecule has 0 aromatic carbocycles. The van der Waals surface area contributed by atoms with Gasteiger partial charge in [-0.25, -0.2) is 4.98 Å². The summed E-state index contributed by atoms with van der Waals surface area (Å²) in [7, 11) is 0. The maximum atomic E-state index is 10.7. The van der Waals surface area contributed by atoms with Crippen LogP contribution in [0.4, 0.5) is 0 Å². The Hall–Kier alpha value is -1.95. The summed E-state index contributed by atoms with van der Waals surface area (Å²) in [6.07, 6.45) is 5.41. The van der Waals surface area contributed by atoms with E-state index in [4.69, 9.17) is 10.8 Å². The molecular weight excluding hydrogens is 208 g/mol. The third-order valence-corrected chi connectivity index (χ3v) is 2.30. The molecule has 0 aliphatic carbocycles. The van der Waals surface area contributed by atoms with Crippen molar-refractivity contribution in [3.05, 3.63) is 30.0 Å². The van der Waals surface area contributed by atoms with Crippen LogP contribution in [-0.2, 0) is 11.2 Å². The van der Waals surface area contributed by atoms with Crippen molar-refractivity contribution in [1.29, 1.82) is 0 Å². The summed E-state index contributed by atoms with van der Waals surface area (Å²) in [5.74, 6) is -1.04. The van der Waals surface area contributed by atoms with E-state index < -0.39 is 12.0 Å². The first kappa shape index (κ1) is 10.6. The van der Waals surface area contributed by atoms with Gasteiger partial charge in [-0.1, -0.05) is 0 Å². The van der Waals surface area contributed by atoms with E-state index in [0.717, 1.165) is 5.69 Å². The van der Waals surface area contributed by atoms with Crippen LogP contribution in [0, 0.1) is 6.92 Å². The predicted molar refractivity (Wildman–Crippen MR) is 57.0 cm³/mol. The summed E-state index contributed by atoms with van der Waals surface area (Å²) >= 11 is 0. The molecule has 1 atom stereocenters. The molecule has 0 saturated carbocycles. The molecule has 6 nitrogen and oxygen atoms in total. The van der Waals surface area contributed by atoms with Gasteiger partial charge >= 0.3 is 5.97 Å². The van der Waals surface area contributed by atoms with Crippen molar-refractivity contribution in [3.8, 4) is 0 Å². The first-order valence-electron chi connectivity index (χ1n) is 4.85. The maximum Gasteiger partial charge on any atom is 0.320 e. The summed E-state index contributed by atoms with van der Waals surface area (Å²) in [6, 6.07) is -0.948. The molecule has 84 valence electrons. The first-order valence-corrected chi connectivity index (χ1v) is 4.85. The molecule has 1 unspecified atom stereocenters. The van der Waals surface area contributed by atoms with Gasteiger partial charge in [0.15, 0.2) is 5.65 Å². The van der Waals surface area contributed by atoms with Crippen LogP contribution in [-0.4, -0.2) is 31.5 Å². The van der Waals surface area contributed by atoms with Crippen molar-refractivity contribution in [1.82, 2.24) is 14.4 Å². The van der Waals surface area contributed by atoms with Crippen LogP contribution in [0.2, 0.25) is 0 Å². The molecule has 0 amide bonds. The molecule has 0 bridgehead atoms. The number of nitrogens with two attached hydrogens (primary N) is 1. The number of aromatic nitrogens is 3. The molecule has 3 N–H and O–H groups in total. The highest BCUT2D eigenvalue weighted by Crippen LogP contribution is 2.09. The minimum atomic E-state index is -1.04. The highest BCUT2D eigenvalue weighted by molar-refractivity contribution is 5.73. The zero-order valence-electron chi connectivity index (χ0n) is 8.79. The minimum absolute atomic E-state index is 0.177. The molecular formula is C10H12N4O2. The lowest BCUT2D eigenvalue weighted by Crippen LogP contribution is -2.32. The average molecular weight is 220 g/mol. The monoisotopic (exact) mass is 220 g/mol. The molecule has 0 radical (unpaired) electrons. The van der Waals surface area contributed by atoms with Crippen LogP contribution in [0.1, 0.15) is 11.4 Å². The number of nitrogens with zero attached hydrogens (tertiary/aromatic N) is 3. The Bertz CT molecular complexity index is 535. The first-order chi connectivity index (χ1) is 7.58. The number of hydrogen-bond acceptors (Lipinski definition) is 4. The van der Waals surface area contributed by atoms with Crippen LogP contribution < -0.4 is 5.73 Å². The van der Waals surface area contributed by atoms with Gasteiger partial charge < -0.3 is 15.2 Å². The molecule has 0 aliphatic heterocycles. The Morgan fingerprint density at radius 3 is 3.12 bits per heavy atom. The Kier molecular flexibility index (Phi) is 2.57. The third-order valence-electron chi connectivity index (χ3n) is 2.30.